The number of aromatic nitrogens is 6. The average Bonchev–Trinajstić information content (AvgIpc) is 3.68. The minimum Gasteiger partial charge on any atom is -0.350 e. The Kier molecular flexibility index (Phi) is 7.35. The number of pyridine rings is 1. The quantitative estimate of drug-likeness (QED) is 0.279. The van der Waals surface area contributed by atoms with Gasteiger partial charge >= 0.3 is 0 Å². The molecule has 0 bridgehead atoms. The number of hydrogen-bond donors (Lipinski definition) is 2. The summed E-state index contributed by atoms with van der Waals surface area (Å²) >= 11 is 1.64. The number of nitrogens with zero attached hydrogens (tertiary/aromatic N) is 6. The summed E-state index contributed by atoms with van der Waals surface area (Å²) in [6.45, 7) is 12.7. The molecule has 0 aliphatic carbocycles. The Hall–Kier alpha value is -3.89. The zero-order valence-corrected chi connectivity index (χ0v) is 23.1. The molecule has 0 saturated carbocycles. The van der Waals surface area contributed by atoms with Gasteiger partial charge in [0.15, 0.2) is 5.65 Å². The van der Waals surface area contributed by atoms with Crippen molar-refractivity contribution in [1.82, 2.24) is 40.0 Å². The molecule has 5 aromatic rings. The van der Waals surface area contributed by atoms with Crippen molar-refractivity contribution in [1.29, 1.82) is 0 Å². The van der Waals surface area contributed by atoms with E-state index in [0.717, 1.165) is 46.2 Å². The van der Waals surface area contributed by atoms with E-state index >= 15 is 0 Å². The fraction of sp³-hybridized carbons (Fsp3) is 0.321. The number of nitrogens with one attached hydrogen (secondary N) is 2. The van der Waals surface area contributed by atoms with Gasteiger partial charge in [-0.05, 0) is 63.5 Å². The van der Waals surface area contributed by atoms with Gasteiger partial charge in [0.05, 0.1) is 39.4 Å². The van der Waals surface area contributed by atoms with Gasteiger partial charge in [0.2, 0.25) is 0 Å². The molecular formula is C28H32N8OS. The highest BCUT2D eigenvalue weighted by atomic mass is 32.1. The molecule has 1 atom stereocenters. The maximum Gasteiger partial charge on any atom is 0.251 e. The van der Waals surface area contributed by atoms with Crippen LogP contribution < -0.4 is 5.32 Å². The second kappa shape index (κ2) is 10.8. The number of amides is 1. The number of aromatic amines is 1. The van der Waals surface area contributed by atoms with Crippen LogP contribution in [0.2, 0.25) is 0 Å². The number of carbonyl (C=O) groups is 1. The van der Waals surface area contributed by atoms with Gasteiger partial charge in [-0.15, -0.1) is 11.3 Å². The molecule has 0 aliphatic rings. The normalized spacial score (nSPS) is 12.4. The molecule has 9 nitrogen and oxygen atoms in total. The standard InChI is InChI=1S/C28H32N8OS/c1-6-35(7-2)17(3)15-29-28(37)20-13-23(31-24(14-20)26-18(4)33-34-19(26)5)21-16-30-36-11-10-22(32-27(21)36)25-9-8-12-38-25/h8-14,16-17H,6-7,15H2,1-5H3,(H,29,37)(H,33,34)/t17-/m0/s1. The highest BCUT2D eigenvalue weighted by molar-refractivity contribution is 7.13. The van der Waals surface area contributed by atoms with Crippen molar-refractivity contribution in [2.75, 3.05) is 19.6 Å². The first-order valence-electron chi connectivity index (χ1n) is 12.8. The molecule has 5 rings (SSSR count). The highest BCUT2D eigenvalue weighted by Crippen LogP contribution is 2.31. The van der Waals surface area contributed by atoms with Crippen LogP contribution in [0.15, 0.2) is 48.1 Å². The van der Waals surface area contributed by atoms with Crippen LogP contribution in [0.5, 0.6) is 0 Å². The topological polar surface area (TPSA) is 104 Å². The van der Waals surface area contributed by atoms with Crippen molar-refractivity contribution in [2.24, 2.45) is 0 Å². The van der Waals surface area contributed by atoms with Crippen LogP contribution in [0, 0.1) is 13.8 Å². The van der Waals surface area contributed by atoms with Crippen LogP contribution in [0.1, 0.15) is 42.5 Å². The summed E-state index contributed by atoms with van der Waals surface area (Å²) in [5.41, 5.74) is 6.77. The van der Waals surface area contributed by atoms with Crippen molar-refractivity contribution in [3.05, 3.63) is 65.1 Å². The zero-order valence-electron chi connectivity index (χ0n) is 22.3. The first-order valence-corrected chi connectivity index (χ1v) is 13.7. The second-order valence-corrected chi connectivity index (χ2v) is 10.3. The molecular weight excluding hydrogens is 496 g/mol. The van der Waals surface area contributed by atoms with E-state index in [1.54, 1.807) is 22.0 Å². The van der Waals surface area contributed by atoms with Crippen LogP contribution in [-0.4, -0.2) is 66.3 Å². The van der Waals surface area contributed by atoms with Crippen molar-refractivity contribution >= 4 is 22.9 Å². The van der Waals surface area contributed by atoms with E-state index in [9.17, 15) is 4.79 Å². The molecule has 5 aromatic heterocycles. The molecule has 0 fully saturated rings. The summed E-state index contributed by atoms with van der Waals surface area (Å²) in [5, 5.41) is 17.0. The molecule has 0 unspecified atom stereocenters. The maximum atomic E-state index is 13.4. The van der Waals surface area contributed by atoms with Crippen molar-refractivity contribution in [2.45, 2.75) is 40.7 Å². The number of rotatable bonds is 9. The Morgan fingerprint density at radius 3 is 2.61 bits per heavy atom. The fourth-order valence-electron chi connectivity index (χ4n) is 4.79. The lowest BCUT2D eigenvalue weighted by Crippen LogP contribution is -2.42. The number of carbonyl (C=O) groups excluding carboxylic acids is 1. The zero-order chi connectivity index (χ0) is 26.8. The first kappa shape index (κ1) is 25.7. The van der Waals surface area contributed by atoms with Gasteiger partial charge in [-0.25, -0.2) is 14.5 Å². The van der Waals surface area contributed by atoms with Crippen LogP contribution in [0.25, 0.3) is 38.7 Å². The minimum atomic E-state index is -0.142. The summed E-state index contributed by atoms with van der Waals surface area (Å²) < 4.78 is 1.74. The van der Waals surface area contributed by atoms with E-state index in [2.05, 4.69) is 46.3 Å². The molecule has 0 aliphatic heterocycles. The molecule has 0 saturated heterocycles. The molecule has 0 radical (unpaired) electrons. The van der Waals surface area contributed by atoms with E-state index in [4.69, 9.17) is 9.97 Å². The number of thiophene rings is 1. The van der Waals surface area contributed by atoms with Crippen LogP contribution in [0.3, 0.4) is 0 Å². The molecule has 38 heavy (non-hydrogen) atoms. The van der Waals surface area contributed by atoms with Crippen molar-refractivity contribution < 1.29 is 4.79 Å². The predicted molar refractivity (Wildman–Crippen MR) is 151 cm³/mol. The third-order valence-corrected chi connectivity index (χ3v) is 7.78. The van der Waals surface area contributed by atoms with Crippen LogP contribution >= 0.6 is 11.3 Å². The van der Waals surface area contributed by atoms with E-state index in [1.807, 2.05) is 55.8 Å². The van der Waals surface area contributed by atoms with Gasteiger partial charge in [-0.1, -0.05) is 19.9 Å². The third-order valence-electron chi connectivity index (χ3n) is 6.88. The largest absolute Gasteiger partial charge is 0.350 e. The monoisotopic (exact) mass is 528 g/mol. The summed E-state index contributed by atoms with van der Waals surface area (Å²) in [6.07, 6.45) is 3.66. The van der Waals surface area contributed by atoms with Crippen LogP contribution in [-0.2, 0) is 0 Å². The average molecular weight is 529 g/mol. The Balaban J connectivity index is 1.58. The Bertz CT molecular complexity index is 1550. The molecule has 0 aromatic carbocycles. The smallest absolute Gasteiger partial charge is 0.251 e. The summed E-state index contributed by atoms with van der Waals surface area (Å²) in [5.74, 6) is -0.142. The summed E-state index contributed by atoms with van der Waals surface area (Å²) in [7, 11) is 0. The molecule has 2 N–H and O–H groups in total. The predicted octanol–water partition coefficient (Wildman–Crippen LogP) is 4.99. The van der Waals surface area contributed by atoms with E-state index in [0.29, 0.717) is 29.1 Å². The number of H-pyrrole nitrogens is 1. The lowest BCUT2D eigenvalue weighted by atomic mass is 10.0. The van der Waals surface area contributed by atoms with E-state index in [1.165, 1.54) is 0 Å². The molecule has 5 heterocycles. The third kappa shape index (κ3) is 4.97. The molecule has 1 amide bonds. The van der Waals surface area contributed by atoms with Gasteiger partial charge in [0, 0.05) is 35.6 Å². The van der Waals surface area contributed by atoms with Crippen molar-refractivity contribution in [3.8, 4) is 33.1 Å². The summed E-state index contributed by atoms with van der Waals surface area (Å²) in [4.78, 5) is 26.7. The van der Waals surface area contributed by atoms with Gasteiger partial charge in [0.1, 0.15) is 0 Å². The fourth-order valence-corrected chi connectivity index (χ4v) is 5.48. The number of aryl methyl sites for hydroxylation is 2. The number of likely N-dealkylation sites (N-methyl/N-ethyl adjacent to an activating group) is 1. The Labute approximate surface area is 226 Å². The van der Waals surface area contributed by atoms with Crippen LogP contribution in [0.4, 0.5) is 0 Å². The first-order chi connectivity index (χ1) is 18.4. The summed E-state index contributed by atoms with van der Waals surface area (Å²) in [6, 6.07) is 9.89. The Morgan fingerprint density at radius 1 is 1.13 bits per heavy atom. The number of hydrogen-bond acceptors (Lipinski definition) is 7. The molecule has 0 spiro atoms. The lowest BCUT2D eigenvalue weighted by molar-refractivity contribution is 0.0938. The second-order valence-electron chi connectivity index (χ2n) is 9.33. The Morgan fingerprint density at radius 2 is 1.92 bits per heavy atom. The lowest BCUT2D eigenvalue weighted by Gasteiger charge is -2.26. The van der Waals surface area contributed by atoms with Gasteiger partial charge in [0.25, 0.3) is 5.91 Å². The van der Waals surface area contributed by atoms with Gasteiger partial charge in [-0.3, -0.25) is 14.8 Å². The van der Waals surface area contributed by atoms with E-state index in [-0.39, 0.29) is 11.9 Å². The maximum absolute atomic E-state index is 13.4. The minimum absolute atomic E-state index is 0.142. The van der Waals surface area contributed by atoms with Gasteiger partial charge < -0.3 is 5.32 Å². The van der Waals surface area contributed by atoms with E-state index < -0.39 is 0 Å². The molecule has 10 heteroatoms. The van der Waals surface area contributed by atoms with Gasteiger partial charge in [-0.2, -0.15) is 10.2 Å². The molecule has 196 valence electrons. The van der Waals surface area contributed by atoms with Crippen molar-refractivity contribution in [3.63, 3.8) is 0 Å². The SMILES string of the molecule is CCN(CC)[C@@H](C)CNC(=O)c1cc(-c2c(C)n[nH]c2C)nc(-c2cnn3ccc(-c4cccs4)nc23)c1. The highest BCUT2D eigenvalue weighted by Gasteiger charge is 2.20. The number of fused-ring (bicyclic) bond motifs is 1.